The van der Waals surface area contributed by atoms with Crippen molar-refractivity contribution >= 4 is 32.7 Å². The Kier molecular flexibility index (Phi) is 4.66. The number of benzene rings is 2. The molecule has 0 radical (unpaired) electrons. The summed E-state index contributed by atoms with van der Waals surface area (Å²) >= 11 is 3.33. The van der Waals surface area contributed by atoms with Gasteiger partial charge in [-0.2, -0.15) is 0 Å². The van der Waals surface area contributed by atoms with Crippen LogP contribution in [0.3, 0.4) is 0 Å². The summed E-state index contributed by atoms with van der Waals surface area (Å²) in [4.78, 5) is 27.1. The van der Waals surface area contributed by atoms with Gasteiger partial charge in [0.25, 0.3) is 11.5 Å². The van der Waals surface area contributed by atoms with E-state index in [9.17, 15) is 9.59 Å². The lowest BCUT2D eigenvalue weighted by Gasteiger charge is -2.07. The number of methoxy groups -OCH3 is 1. The van der Waals surface area contributed by atoms with E-state index in [-0.39, 0.29) is 18.0 Å². The van der Waals surface area contributed by atoms with Crippen LogP contribution in [0.25, 0.3) is 10.9 Å². The summed E-state index contributed by atoms with van der Waals surface area (Å²) in [5.41, 5.74) is 1.51. The SMILES string of the molecule is COc1ccc2cc(CNC(=O)c3ccc(Br)cc3)c(=O)[nH]c2c1. The van der Waals surface area contributed by atoms with Gasteiger partial charge >= 0.3 is 0 Å². The maximum Gasteiger partial charge on any atom is 0.253 e. The van der Waals surface area contributed by atoms with E-state index in [0.29, 0.717) is 22.4 Å². The van der Waals surface area contributed by atoms with Crippen LogP contribution in [0, 0.1) is 0 Å². The highest BCUT2D eigenvalue weighted by molar-refractivity contribution is 9.10. The predicted molar refractivity (Wildman–Crippen MR) is 96.4 cm³/mol. The van der Waals surface area contributed by atoms with Crippen LogP contribution in [0.2, 0.25) is 0 Å². The second-order valence-corrected chi connectivity index (χ2v) is 6.18. The molecule has 0 spiro atoms. The third kappa shape index (κ3) is 3.49. The van der Waals surface area contributed by atoms with Gasteiger partial charge in [0.15, 0.2) is 0 Å². The van der Waals surface area contributed by atoms with Crippen LogP contribution in [-0.4, -0.2) is 18.0 Å². The topological polar surface area (TPSA) is 71.2 Å². The molecule has 122 valence electrons. The Morgan fingerprint density at radius 3 is 2.62 bits per heavy atom. The minimum atomic E-state index is -0.230. The Balaban J connectivity index is 1.79. The fraction of sp³-hybridized carbons (Fsp3) is 0.111. The number of fused-ring (bicyclic) bond motifs is 1. The molecule has 0 aliphatic heterocycles. The van der Waals surface area contributed by atoms with Crippen molar-refractivity contribution in [3.63, 3.8) is 0 Å². The summed E-state index contributed by atoms with van der Waals surface area (Å²) in [6.45, 7) is 0.159. The van der Waals surface area contributed by atoms with Gasteiger partial charge in [-0.25, -0.2) is 0 Å². The molecule has 1 amide bonds. The van der Waals surface area contributed by atoms with E-state index in [2.05, 4.69) is 26.2 Å². The molecule has 2 N–H and O–H groups in total. The van der Waals surface area contributed by atoms with Crippen molar-refractivity contribution in [2.75, 3.05) is 7.11 Å². The molecule has 1 aromatic heterocycles. The first-order valence-corrected chi connectivity index (χ1v) is 8.10. The number of pyridine rings is 1. The van der Waals surface area contributed by atoms with Crippen molar-refractivity contribution in [3.8, 4) is 5.75 Å². The monoisotopic (exact) mass is 386 g/mol. The van der Waals surface area contributed by atoms with Crippen LogP contribution in [-0.2, 0) is 6.54 Å². The highest BCUT2D eigenvalue weighted by atomic mass is 79.9. The number of hydrogen-bond acceptors (Lipinski definition) is 3. The molecular formula is C18H15BrN2O3. The molecule has 0 saturated heterocycles. The zero-order valence-electron chi connectivity index (χ0n) is 12.9. The van der Waals surface area contributed by atoms with Crippen LogP contribution >= 0.6 is 15.9 Å². The third-order valence-electron chi connectivity index (χ3n) is 3.68. The van der Waals surface area contributed by atoms with E-state index < -0.39 is 0 Å². The molecule has 24 heavy (non-hydrogen) atoms. The predicted octanol–water partition coefficient (Wildman–Crippen LogP) is 3.23. The first-order valence-electron chi connectivity index (χ1n) is 7.30. The molecule has 2 aromatic carbocycles. The van der Waals surface area contributed by atoms with Crippen LogP contribution in [0.5, 0.6) is 5.75 Å². The van der Waals surface area contributed by atoms with Crippen LogP contribution in [0.15, 0.2) is 57.8 Å². The van der Waals surface area contributed by atoms with Gasteiger partial charge in [0.1, 0.15) is 5.75 Å². The molecule has 0 aliphatic carbocycles. The van der Waals surface area contributed by atoms with E-state index in [1.165, 1.54) is 0 Å². The number of nitrogens with one attached hydrogen (secondary N) is 2. The highest BCUT2D eigenvalue weighted by Crippen LogP contribution is 2.18. The minimum absolute atomic E-state index is 0.159. The number of halogens is 1. The lowest BCUT2D eigenvalue weighted by molar-refractivity contribution is 0.0951. The number of aromatic nitrogens is 1. The molecule has 0 saturated carbocycles. The number of aromatic amines is 1. The molecule has 6 heteroatoms. The summed E-state index contributed by atoms with van der Waals surface area (Å²) in [6.07, 6.45) is 0. The highest BCUT2D eigenvalue weighted by Gasteiger charge is 2.08. The van der Waals surface area contributed by atoms with E-state index in [4.69, 9.17) is 4.74 Å². The number of hydrogen-bond donors (Lipinski definition) is 2. The Hall–Kier alpha value is -2.60. The van der Waals surface area contributed by atoms with Gasteiger partial charge in [-0.1, -0.05) is 15.9 Å². The van der Waals surface area contributed by atoms with E-state index in [1.54, 1.807) is 43.5 Å². The second kappa shape index (κ2) is 6.88. The first-order chi connectivity index (χ1) is 11.6. The van der Waals surface area contributed by atoms with Gasteiger partial charge in [0.2, 0.25) is 0 Å². The number of rotatable bonds is 4. The normalized spacial score (nSPS) is 10.6. The second-order valence-electron chi connectivity index (χ2n) is 5.27. The van der Waals surface area contributed by atoms with Gasteiger partial charge in [-0.3, -0.25) is 9.59 Å². The fourth-order valence-corrected chi connectivity index (χ4v) is 2.63. The molecule has 0 aliphatic rings. The lowest BCUT2D eigenvalue weighted by atomic mass is 10.1. The Morgan fingerprint density at radius 1 is 1.17 bits per heavy atom. The minimum Gasteiger partial charge on any atom is -0.497 e. The summed E-state index contributed by atoms with van der Waals surface area (Å²) in [7, 11) is 1.57. The van der Waals surface area contributed by atoms with E-state index >= 15 is 0 Å². The standard InChI is InChI=1S/C18H15BrN2O3/c1-24-15-7-4-12-8-13(18(23)21-16(12)9-15)10-20-17(22)11-2-5-14(19)6-3-11/h2-9H,10H2,1H3,(H,20,22)(H,21,23). The Morgan fingerprint density at radius 2 is 1.92 bits per heavy atom. The summed E-state index contributed by atoms with van der Waals surface area (Å²) in [5, 5.41) is 3.64. The van der Waals surface area contributed by atoms with Crippen LogP contribution in [0.1, 0.15) is 15.9 Å². The molecule has 5 nitrogen and oxygen atoms in total. The van der Waals surface area contributed by atoms with E-state index in [0.717, 1.165) is 9.86 Å². The molecule has 0 bridgehead atoms. The van der Waals surface area contributed by atoms with Crippen LogP contribution in [0.4, 0.5) is 0 Å². The first kappa shape index (κ1) is 16.3. The largest absolute Gasteiger partial charge is 0.497 e. The maximum atomic E-state index is 12.2. The van der Waals surface area contributed by atoms with Gasteiger partial charge in [0.05, 0.1) is 12.6 Å². The lowest BCUT2D eigenvalue weighted by Crippen LogP contribution is -2.26. The third-order valence-corrected chi connectivity index (χ3v) is 4.20. The zero-order chi connectivity index (χ0) is 17.1. The number of carbonyl (C=O) groups excluding carboxylic acids is 1. The van der Waals surface area contributed by atoms with E-state index in [1.807, 2.05) is 12.1 Å². The Bertz CT molecular complexity index is 949. The number of ether oxygens (including phenoxy) is 1. The number of carbonyl (C=O) groups is 1. The van der Waals surface area contributed by atoms with Gasteiger partial charge in [0, 0.05) is 28.2 Å². The molecular weight excluding hydrogens is 372 g/mol. The molecule has 0 fully saturated rings. The smallest absolute Gasteiger partial charge is 0.253 e. The van der Waals surface area contributed by atoms with Crippen molar-refractivity contribution < 1.29 is 9.53 Å². The van der Waals surface area contributed by atoms with Crippen LogP contribution < -0.4 is 15.6 Å². The van der Waals surface area contributed by atoms with Crippen molar-refractivity contribution in [1.82, 2.24) is 10.3 Å². The molecule has 3 rings (SSSR count). The summed E-state index contributed by atoms with van der Waals surface area (Å²) in [6, 6.07) is 14.3. The van der Waals surface area contributed by atoms with Gasteiger partial charge < -0.3 is 15.0 Å². The Labute approximate surface area is 146 Å². The van der Waals surface area contributed by atoms with Gasteiger partial charge in [-0.05, 0) is 47.9 Å². The molecule has 3 aromatic rings. The summed E-state index contributed by atoms with van der Waals surface area (Å²) in [5.74, 6) is 0.450. The number of amides is 1. The molecule has 0 atom stereocenters. The van der Waals surface area contributed by atoms with Crippen molar-refractivity contribution in [2.24, 2.45) is 0 Å². The fourth-order valence-electron chi connectivity index (χ4n) is 2.36. The quantitative estimate of drug-likeness (QED) is 0.722. The maximum absolute atomic E-state index is 12.2. The summed E-state index contributed by atoms with van der Waals surface area (Å²) < 4.78 is 6.05. The molecule has 1 heterocycles. The van der Waals surface area contributed by atoms with Gasteiger partial charge in [-0.15, -0.1) is 0 Å². The zero-order valence-corrected chi connectivity index (χ0v) is 14.5. The average Bonchev–Trinajstić information content (AvgIpc) is 2.59. The molecule has 0 unspecified atom stereocenters. The van der Waals surface area contributed by atoms with Crippen molar-refractivity contribution in [3.05, 3.63) is 74.5 Å². The van der Waals surface area contributed by atoms with Crippen molar-refractivity contribution in [2.45, 2.75) is 6.54 Å². The number of H-pyrrole nitrogens is 1. The van der Waals surface area contributed by atoms with Crippen molar-refractivity contribution in [1.29, 1.82) is 0 Å². The average molecular weight is 387 g/mol.